The van der Waals surface area contributed by atoms with Gasteiger partial charge in [-0.15, -0.1) is 0 Å². The molecule has 5 atom stereocenters. The van der Waals surface area contributed by atoms with Crippen LogP contribution in [-0.2, 0) is 0 Å². The van der Waals surface area contributed by atoms with Crippen molar-refractivity contribution in [2.24, 2.45) is 23.7 Å². The van der Waals surface area contributed by atoms with Crippen molar-refractivity contribution in [3.8, 4) is 0 Å². The third kappa shape index (κ3) is 3.98. The number of rotatable bonds is 4. The topological polar surface area (TPSA) is 12.0 Å². The lowest BCUT2D eigenvalue weighted by atomic mass is 9.77. The first-order chi connectivity index (χ1) is 8.66. The predicted octanol–water partition coefficient (Wildman–Crippen LogP) is 4.62. The van der Waals surface area contributed by atoms with Gasteiger partial charge >= 0.3 is 0 Å². The minimum absolute atomic E-state index is 0.801. The maximum Gasteiger partial charge on any atom is 0.00952 e. The average molecular weight is 251 g/mol. The predicted molar refractivity (Wildman–Crippen MR) is 79.7 cm³/mol. The Labute approximate surface area is 114 Å². The maximum absolute atomic E-state index is 3.86. The summed E-state index contributed by atoms with van der Waals surface area (Å²) in [6.07, 6.45) is 11.6. The average Bonchev–Trinajstić information content (AvgIpc) is 2.35. The van der Waals surface area contributed by atoms with E-state index < -0.39 is 0 Å². The Morgan fingerprint density at radius 3 is 2.50 bits per heavy atom. The molecule has 0 spiro atoms. The highest BCUT2D eigenvalue weighted by Crippen LogP contribution is 2.31. The van der Waals surface area contributed by atoms with Gasteiger partial charge in [-0.1, -0.05) is 52.9 Å². The van der Waals surface area contributed by atoms with Gasteiger partial charge in [-0.25, -0.2) is 0 Å². The van der Waals surface area contributed by atoms with Crippen LogP contribution in [0.3, 0.4) is 0 Å². The highest BCUT2D eigenvalue weighted by Gasteiger charge is 2.26. The molecule has 2 aliphatic carbocycles. The summed E-state index contributed by atoms with van der Waals surface area (Å²) in [6, 6.07) is 0.801. The largest absolute Gasteiger partial charge is 0.314 e. The van der Waals surface area contributed by atoms with Crippen molar-refractivity contribution >= 4 is 0 Å². The van der Waals surface area contributed by atoms with Crippen molar-refractivity contribution in [3.63, 3.8) is 0 Å². The second kappa shape index (κ2) is 6.93. The first kappa shape index (κ1) is 14.4. The second-order valence-corrected chi connectivity index (χ2v) is 7.25. The molecule has 0 aromatic carbocycles. The first-order valence-electron chi connectivity index (χ1n) is 8.40. The molecule has 0 aromatic heterocycles. The van der Waals surface area contributed by atoms with Crippen LogP contribution in [0.25, 0.3) is 0 Å². The molecule has 106 valence electrons. The molecule has 5 unspecified atom stereocenters. The van der Waals surface area contributed by atoms with Crippen molar-refractivity contribution in [1.82, 2.24) is 5.32 Å². The zero-order chi connectivity index (χ0) is 13.0. The van der Waals surface area contributed by atoms with Crippen LogP contribution in [0.15, 0.2) is 0 Å². The number of hydrogen-bond donors (Lipinski definition) is 1. The van der Waals surface area contributed by atoms with Gasteiger partial charge in [0, 0.05) is 6.04 Å². The molecule has 0 radical (unpaired) electrons. The van der Waals surface area contributed by atoms with Gasteiger partial charge in [0.25, 0.3) is 0 Å². The van der Waals surface area contributed by atoms with E-state index in [1.807, 2.05) is 0 Å². The summed E-state index contributed by atoms with van der Waals surface area (Å²) in [6.45, 7) is 8.58. The minimum Gasteiger partial charge on any atom is -0.314 e. The van der Waals surface area contributed by atoms with Crippen molar-refractivity contribution in [3.05, 3.63) is 0 Å². The Balaban J connectivity index is 1.65. The molecular weight excluding hydrogens is 218 g/mol. The molecule has 2 saturated carbocycles. The van der Waals surface area contributed by atoms with E-state index in [9.17, 15) is 0 Å². The minimum atomic E-state index is 0.801. The highest BCUT2D eigenvalue weighted by molar-refractivity contribution is 4.82. The maximum atomic E-state index is 3.86. The molecule has 0 bridgehead atoms. The summed E-state index contributed by atoms with van der Waals surface area (Å²) in [4.78, 5) is 0. The molecule has 2 fully saturated rings. The summed E-state index contributed by atoms with van der Waals surface area (Å²) in [7, 11) is 0. The molecule has 0 aromatic rings. The molecule has 0 aliphatic heterocycles. The van der Waals surface area contributed by atoms with E-state index >= 15 is 0 Å². The van der Waals surface area contributed by atoms with Gasteiger partial charge in [0.05, 0.1) is 0 Å². The van der Waals surface area contributed by atoms with E-state index in [1.54, 1.807) is 0 Å². The standard InChI is InChI=1S/C17H33N/c1-13-6-4-8-16(12-13)10-11-18-17-9-5-7-14(2)15(17)3/h13-18H,4-12H2,1-3H3. The van der Waals surface area contributed by atoms with Gasteiger partial charge in [-0.2, -0.15) is 0 Å². The van der Waals surface area contributed by atoms with Crippen LogP contribution in [0.2, 0.25) is 0 Å². The summed E-state index contributed by atoms with van der Waals surface area (Å²) in [5.41, 5.74) is 0. The van der Waals surface area contributed by atoms with Crippen molar-refractivity contribution in [2.75, 3.05) is 6.54 Å². The number of nitrogens with one attached hydrogen (secondary N) is 1. The van der Waals surface area contributed by atoms with Gasteiger partial charge in [0.1, 0.15) is 0 Å². The summed E-state index contributed by atoms with van der Waals surface area (Å²) >= 11 is 0. The van der Waals surface area contributed by atoms with Crippen LogP contribution in [0.5, 0.6) is 0 Å². The molecule has 18 heavy (non-hydrogen) atoms. The van der Waals surface area contributed by atoms with E-state index in [0.29, 0.717) is 0 Å². The van der Waals surface area contributed by atoms with Crippen LogP contribution >= 0.6 is 0 Å². The summed E-state index contributed by atoms with van der Waals surface area (Å²) < 4.78 is 0. The van der Waals surface area contributed by atoms with Crippen LogP contribution in [0, 0.1) is 23.7 Å². The van der Waals surface area contributed by atoms with E-state index in [-0.39, 0.29) is 0 Å². The highest BCUT2D eigenvalue weighted by atomic mass is 14.9. The van der Waals surface area contributed by atoms with Crippen molar-refractivity contribution in [2.45, 2.75) is 78.2 Å². The fraction of sp³-hybridized carbons (Fsp3) is 1.00. The van der Waals surface area contributed by atoms with E-state index in [2.05, 4.69) is 26.1 Å². The van der Waals surface area contributed by atoms with Crippen LogP contribution in [-0.4, -0.2) is 12.6 Å². The van der Waals surface area contributed by atoms with Crippen molar-refractivity contribution in [1.29, 1.82) is 0 Å². The molecule has 0 heterocycles. The fourth-order valence-corrected chi connectivity index (χ4v) is 4.16. The lowest BCUT2D eigenvalue weighted by Gasteiger charge is -2.35. The first-order valence-corrected chi connectivity index (χ1v) is 8.40. The monoisotopic (exact) mass is 251 g/mol. The smallest absolute Gasteiger partial charge is 0.00952 e. The zero-order valence-electron chi connectivity index (χ0n) is 12.8. The van der Waals surface area contributed by atoms with E-state index in [4.69, 9.17) is 0 Å². The molecule has 1 nitrogen and oxygen atoms in total. The van der Waals surface area contributed by atoms with Gasteiger partial charge in [-0.05, 0) is 49.5 Å². The lowest BCUT2D eigenvalue weighted by Crippen LogP contribution is -2.41. The lowest BCUT2D eigenvalue weighted by molar-refractivity contribution is 0.198. The Bertz CT molecular complexity index is 238. The third-order valence-corrected chi connectivity index (χ3v) is 5.71. The van der Waals surface area contributed by atoms with E-state index in [1.165, 1.54) is 57.9 Å². The molecular formula is C17H33N. The Kier molecular flexibility index (Phi) is 5.54. The Hall–Kier alpha value is -0.0400. The number of hydrogen-bond acceptors (Lipinski definition) is 1. The van der Waals surface area contributed by atoms with Gasteiger partial charge in [0.15, 0.2) is 0 Å². The Morgan fingerprint density at radius 1 is 0.944 bits per heavy atom. The quantitative estimate of drug-likeness (QED) is 0.769. The third-order valence-electron chi connectivity index (χ3n) is 5.71. The second-order valence-electron chi connectivity index (χ2n) is 7.25. The van der Waals surface area contributed by atoms with Gasteiger partial charge in [-0.3, -0.25) is 0 Å². The normalized spacial score (nSPS) is 41.8. The fourth-order valence-electron chi connectivity index (χ4n) is 4.16. The molecule has 1 N–H and O–H groups in total. The SMILES string of the molecule is CC1CCCC(CCNC2CCCC(C)C2C)C1. The molecule has 2 rings (SSSR count). The molecule has 0 saturated heterocycles. The van der Waals surface area contributed by atoms with Crippen molar-refractivity contribution < 1.29 is 0 Å². The van der Waals surface area contributed by atoms with Crippen LogP contribution in [0.1, 0.15) is 72.1 Å². The zero-order valence-corrected chi connectivity index (χ0v) is 12.8. The molecule has 2 aliphatic rings. The van der Waals surface area contributed by atoms with Gasteiger partial charge in [0.2, 0.25) is 0 Å². The summed E-state index contributed by atoms with van der Waals surface area (Å²) in [5, 5.41) is 3.86. The molecule has 0 amide bonds. The van der Waals surface area contributed by atoms with Crippen LogP contribution < -0.4 is 5.32 Å². The Morgan fingerprint density at radius 2 is 1.72 bits per heavy atom. The molecule has 1 heteroatoms. The van der Waals surface area contributed by atoms with E-state index in [0.717, 1.165) is 29.7 Å². The van der Waals surface area contributed by atoms with Crippen LogP contribution in [0.4, 0.5) is 0 Å². The summed E-state index contributed by atoms with van der Waals surface area (Å²) in [5.74, 6) is 3.80. The van der Waals surface area contributed by atoms with Gasteiger partial charge < -0.3 is 5.32 Å².